The van der Waals surface area contributed by atoms with Gasteiger partial charge in [-0.3, -0.25) is 4.79 Å². The van der Waals surface area contributed by atoms with E-state index >= 15 is 0 Å². The van der Waals surface area contributed by atoms with Crippen LogP contribution in [0.3, 0.4) is 0 Å². The Hall–Kier alpha value is -1.11. The molecule has 0 spiro atoms. The van der Waals surface area contributed by atoms with Gasteiger partial charge in [0.1, 0.15) is 5.75 Å². The summed E-state index contributed by atoms with van der Waals surface area (Å²) in [4.78, 5) is 13.7. The first-order valence-electron chi connectivity index (χ1n) is 6.54. The minimum absolute atomic E-state index is 0.0264. The van der Waals surface area contributed by atoms with E-state index in [4.69, 9.17) is 9.47 Å². The van der Waals surface area contributed by atoms with Crippen LogP contribution < -0.4 is 4.74 Å². The summed E-state index contributed by atoms with van der Waals surface area (Å²) in [6, 6.07) is 5.36. The van der Waals surface area contributed by atoms with Gasteiger partial charge in [0.25, 0.3) is 5.91 Å². The van der Waals surface area contributed by atoms with Crippen LogP contribution in [0.1, 0.15) is 18.6 Å². The van der Waals surface area contributed by atoms with Crippen molar-refractivity contribution in [3.8, 4) is 5.75 Å². The van der Waals surface area contributed by atoms with Crippen molar-refractivity contribution in [2.75, 3.05) is 32.9 Å². The maximum absolute atomic E-state index is 12.0. The van der Waals surface area contributed by atoms with E-state index in [1.165, 1.54) is 0 Å². The molecule has 1 aromatic rings. The molecule has 1 saturated heterocycles. The van der Waals surface area contributed by atoms with E-state index in [1.54, 1.807) is 24.0 Å². The molecule has 6 heteroatoms. The molecule has 0 saturated carbocycles. The molecule has 1 N–H and O–H groups in total. The number of hydrogen-bond acceptors (Lipinski definition) is 4. The molecule has 0 aliphatic carbocycles. The normalized spacial score (nSPS) is 16.9. The summed E-state index contributed by atoms with van der Waals surface area (Å²) in [6.45, 7) is 3.99. The van der Waals surface area contributed by atoms with Gasteiger partial charge in [-0.25, -0.2) is 0 Å². The summed E-state index contributed by atoms with van der Waals surface area (Å²) in [5.74, 6) is 0.470. The van der Waals surface area contributed by atoms with Gasteiger partial charge < -0.3 is 19.5 Å². The fourth-order valence-electron chi connectivity index (χ4n) is 2.02. The van der Waals surface area contributed by atoms with Gasteiger partial charge in [0.2, 0.25) is 0 Å². The fraction of sp³-hybridized carbons (Fsp3) is 0.500. The Morgan fingerprint density at radius 1 is 1.50 bits per heavy atom. The monoisotopic (exact) mass is 343 g/mol. The molecule has 1 heterocycles. The lowest BCUT2D eigenvalue weighted by atomic mass is 10.1. The van der Waals surface area contributed by atoms with Gasteiger partial charge in [0, 0.05) is 23.1 Å². The summed E-state index contributed by atoms with van der Waals surface area (Å²) in [7, 11) is 0. The molecule has 1 aliphatic heterocycles. The SMILES string of the molecule is CC(O)c1cc(Br)ccc1OCC(=O)N1CCOCC1. The van der Waals surface area contributed by atoms with Crippen molar-refractivity contribution in [2.24, 2.45) is 0 Å². The predicted molar refractivity (Wildman–Crippen MR) is 77.7 cm³/mol. The van der Waals surface area contributed by atoms with Crippen LogP contribution in [-0.2, 0) is 9.53 Å². The van der Waals surface area contributed by atoms with Crippen LogP contribution in [-0.4, -0.2) is 48.8 Å². The van der Waals surface area contributed by atoms with Crippen molar-refractivity contribution in [2.45, 2.75) is 13.0 Å². The molecule has 0 radical (unpaired) electrons. The van der Waals surface area contributed by atoms with Gasteiger partial charge in [-0.15, -0.1) is 0 Å². The lowest BCUT2D eigenvalue weighted by Crippen LogP contribution is -2.43. The highest BCUT2D eigenvalue weighted by molar-refractivity contribution is 9.10. The lowest BCUT2D eigenvalue weighted by molar-refractivity contribution is -0.137. The zero-order valence-electron chi connectivity index (χ0n) is 11.3. The van der Waals surface area contributed by atoms with Crippen LogP contribution in [0.4, 0.5) is 0 Å². The van der Waals surface area contributed by atoms with Gasteiger partial charge in [0.05, 0.1) is 19.3 Å². The number of morpholine rings is 1. The number of aliphatic hydroxyl groups excluding tert-OH is 1. The third-order valence-corrected chi connectivity index (χ3v) is 3.63. The molecular weight excluding hydrogens is 326 g/mol. The van der Waals surface area contributed by atoms with Crippen molar-refractivity contribution in [3.05, 3.63) is 28.2 Å². The maximum atomic E-state index is 12.0. The lowest BCUT2D eigenvalue weighted by Gasteiger charge is -2.27. The van der Waals surface area contributed by atoms with E-state index in [1.807, 2.05) is 6.07 Å². The number of carbonyl (C=O) groups is 1. The number of ether oxygens (including phenoxy) is 2. The molecule has 5 nitrogen and oxygen atoms in total. The first kappa shape index (κ1) is 15.3. The minimum Gasteiger partial charge on any atom is -0.483 e. The first-order valence-corrected chi connectivity index (χ1v) is 7.33. The van der Waals surface area contributed by atoms with E-state index in [0.29, 0.717) is 37.6 Å². The van der Waals surface area contributed by atoms with Gasteiger partial charge in [-0.1, -0.05) is 15.9 Å². The van der Waals surface area contributed by atoms with Crippen molar-refractivity contribution in [1.29, 1.82) is 0 Å². The quantitative estimate of drug-likeness (QED) is 0.904. The predicted octanol–water partition coefficient (Wildman–Crippen LogP) is 1.74. The summed E-state index contributed by atoms with van der Waals surface area (Å²) >= 11 is 3.35. The van der Waals surface area contributed by atoms with E-state index in [2.05, 4.69) is 15.9 Å². The average molecular weight is 344 g/mol. The number of halogens is 1. The Labute approximate surface area is 126 Å². The van der Waals surface area contributed by atoms with E-state index in [9.17, 15) is 9.90 Å². The molecule has 1 fully saturated rings. The van der Waals surface area contributed by atoms with E-state index < -0.39 is 6.10 Å². The van der Waals surface area contributed by atoms with Gasteiger partial charge in [-0.05, 0) is 25.1 Å². The molecule has 0 aromatic heterocycles. The number of rotatable bonds is 4. The highest BCUT2D eigenvalue weighted by Gasteiger charge is 2.18. The van der Waals surface area contributed by atoms with Crippen LogP contribution in [0.2, 0.25) is 0 Å². The second-order valence-corrected chi connectivity index (χ2v) is 5.56. The average Bonchev–Trinajstić information content (AvgIpc) is 2.46. The van der Waals surface area contributed by atoms with Gasteiger partial charge in [0.15, 0.2) is 6.61 Å². The second kappa shape index (κ2) is 7.06. The molecule has 1 unspecified atom stereocenters. The number of amides is 1. The maximum Gasteiger partial charge on any atom is 0.260 e. The molecule has 1 amide bonds. The third-order valence-electron chi connectivity index (χ3n) is 3.14. The zero-order chi connectivity index (χ0) is 14.5. The summed E-state index contributed by atoms with van der Waals surface area (Å²) in [5.41, 5.74) is 0.661. The van der Waals surface area contributed by atoms with Crippen LogP contribution >= 0.6 is 15.9 Å². The smallest absolute Gasteiger partial charge is 0.260 e. The molecule has 0 bridgehead atoms. The molecule has 110 valence electrons. The molecule has 1 aliphatic rings. The Morgan fingerprint density at radius 2 is 2.20 bits per heavy atom. The largest absolute Gasteiger partial charge is 0.483 e. The Morgan fingerprint density at radius 3 is 2.85 bits per heavy atom. The van der Waals surface area contributed by atoms with Crippen molar-refractivity contribution in [1.82, 2.24) is 4.90 Å². The van der Waals surface area contributed by atoms with Gasteiger partial charge in [-0.2, -0.15) is 0 Å². The molecule has 1 aromatic carbocycles. The van der Waals surface area contributed by atoms with Crippen molar-refractivity contribution in [3.63, 3.8) is 0 Å². The number of hydrogen-bond donors (Lipinski definition) is 1. The first-order chi connectivity index (χ1) is 9.58. The minimum atomic E-state index is -0.652. The van der Waals surface area contributed by atoms with Gasteiger partial charge >= 0.3 is 0 Å². The van der Waals surface area contributed by atoms with E-state index in [0.717, 1.165) is 4.47 Å². The Balaban J connectivity index is 1.98. The standard InChI is InChI=1S/C14H18BrNO4/c1-10(17)12-8-11(15)2-3-13(12)20-9-14(18)16-4-6-19-7-5-16/h2-3,8,10,17H,4-7,9H2,1H3. The molecular formula is C14H18BrNO4. The molecule has 1 atom stereocenters. The van der Waals surface area contributed by atoms with E-state index in [-0.39, 0.29) is 12.5 Å². The summed E-state index contributed by atoms with van der Waals surface area (Å²) < 4.78 is 11.6. The molecule has 2 rings (SSSR count). The third kappa shape index (κ3) is 3.94. The number of benzene rings is 1. The highest BCUT2D eigenvalue weighted by Crippen LogP contribution is 2.28. The van der Waals surface area contributed by atoms with Crippen LogP contribution in [0, 0.1) is 0 Å². The summed E-state index contributed by atoms with van der Waals surface area (Å²) in [5, 5.41) is 9.73. The van der Waals surface area contributed by atoms with Crippen LogP contribution in [0.15, 0.2) is 22.7 Å². The number of nitrogens with zero attached hydrogens (tertiary/aromatic N) is 1. The van der Waals surface area contributed by atoms with Crippen molar-refractivity contribution >= 4 is 21.8 Å². The second-order valence-electron chi connectivity index (χ2n) is 4.64. The Bertz CT molecular complexity index is 472. The molecule has 20 heavy (non-hydrogen) atoms. The summed E-state index contributed by atoms with van der Waals surface area (Å²) in [6.07, 6.45) is -0.652. The topological polar surface area (TPSA) is 59.0 Å². The van der Waals surface area contributed by atoms with Crippen LogP contribution in [0.25, 0.3) is 0 Å². The van der Waals surface area contributed by atoms with Crippen molar-refractivity contribution < 1.29 is 19.4 Å². The Kier molecular flexibility index (Phi) is 5.39. The van der Waals surface area contributed by atoms with Crippen LogP contribution in [0.5, 0.6) is 5.75 Å². The highest BCUT2D eigenvalue weighted by atomic mass is 79.9. The zero-order valence-corrected chi connectivity index (χ0v) is 12.9. The fourth-order valence-corrected chi connectivity index (χ4v) is 2.40. The number of aliphatic hydroxyl groups is 1. The number of carbonyl (C=O) groups excluding carboxylic acids is 1.